The number of carboxylic acids is 1. The van der Waals surface area contributed by atoms with Crippen LogP contribution in [0.25, 0.3) is 0 Å². The number of carbonyl (C=O) groups is 3. The van der Waals surface area contributed by atoms with Crippen LogP contribution < -0.4 is 50.9 Å². The predicted octanol–water partition coefficient (Wildman–Crippen LogP) is 5.95. The zero-order valence-electron chi connectivity index (χ0n) is 42.1. The molecular formula is C50H55Cl5MgN8O12. The Bertz CT molecular complexity index is 2860. The number of Topliss-reactive ketones (excluding diaryl/α,β-unsaturated/α-hetero) is 1. The number of halogens is 5. The van der Waals surface area contributed by atoms with Gasteiger partial charge in [-0.05, 0) is 56.3 Å². The van der Waals surface area contributed by atoms with Gasteiger partial charge in [0.05, 0.1) is 87.5 Å². The Morgan fingerprint density at radius 1 is 0.711 bits per heavy atom. The molecule has 0 atom stereocenters. The molecule has 26 heteroatoms. The largest absolute Gasteiger partial charge is 2.00 e. The van der Waals surface area contributed by atoms with Crippen molar-refractivity contribution in [2.75, 3.05) is 41.2 Å². The number of hydrogen-bond acceptors (Lipinski definition) is 16. The van der Waals surface area contributed by atoms with Gasteiger partial charge >= 0.3 is 29.0 Å². The Kier molecular flexibility index (Phi) is 27.2. The molecule has 9 rings (SSSR count). The molecule has 6 aromatic heterocycles. The van der Waals surface area contributed by atoms with E-state index < -0.39 is 5.97 Å². The van der Waals surface area contributed by atoms with E-state index in [2.05, 4.69) is 19.9 Å². The maximum absolute atomic E-state index is 12.5. The van der Waals surface area contributed by atoms with E-state index in [9.17, 15) is 19.6 Å². The van der Waals surface area contributed by atoms with Crippen LogP contribution in [-0.4, -0.2) is 121 Å². The van der Waals surface area contributed by atoms with Gasteiger partial charge in [0.1, 0.15) is 27.8 Å². The van der Waals surface area contributed by atoms with Crippen LogP contribution in [0.5, 0.6) is 34.5 Å². The summed E-state index contributed by atoms with van der Waals surface area (Å²) in [7, 11) is 4.57. The van der Waals surface area contributed by atoms with Crippen LogP contribution in [0.2, 0.25) is 20.1 Å². The molecule has 20 nitrogen and oxygen atoms in total. The number of imidazole rings is 1. The summed E-state index contributed by atoms with van der Waals surface area (Å²) in [5.74, 6) is 3.14. The summed E-state index contributed by atoms with van der Waals surface area (Å²) < 4.78 is 35.0. The fourth-order valence-corrected chi connectivity index (χ4v) is 6.94. The van der Waals surface area contributed by atoms with E-state index in [-0.39, 0.29) is 90.4 Å². The van der Waals surface area contributed by atoms with Gasteiger partial charge in [-0.15, -0.1) is 0 Å². The molecule has 3 saturated carbocycles. The predicted molar refractivity (Wildman–Crippen MR) is 278 cm³/mol. The maximum atomic E-state index is 12.5. The molecule has 3 aliphatic rings. The Hall–Kier alpha value is -5.81. The molecule has 0 spiro atoms. The second-order valence-electron chi connectivity index (χ2n) is 16.7. The van der Waals surface area contributed by atoms with Crippen LogP contribution in [0.15, 0.2) is 80.3 Å². The van der Waals surface area contributed by atoms with E-state index in [0.717, 1.165) is 25.2 Å². The molecule has 0 bridgehead atoms. The first-order valence-electron chi connectivity index (χ1n) is 22.9. The summed E-state index contributed by atoms with van der Waals surface area (Å²) >= 11 is 23.0. The number of nitrogens with zero attached hydrogens (tertiary/aromatic N) is 7. The molecule has 0 unspecified atom stereocenters. The molecule has 3 fully saturated rings. The molecule has 0 saturated heterocycles. The van der Waals surface area contributed by atoms with Crippen molar-refractivity contribution in [3.63, 3.8) is 0 Å². The Labute approximate surface area is 481 Å². The van der Waals surface area contributed by atoms with Gasteiger partial charge in [-0.1, -0.05) is 46.4 Å². The van der Waals surface area contributed by atoms with Crippen LogP contribution in [-0.2, 0) is 6.42 Å². The molecule has 3 N–H and O–H groups in total. The van der Waals surface area contributed by atoms with Crippen LogP contribution in [0, 0.1) is 34.8 Å². The number of rotatable bonds is 17. The standard InChI is InChI=1S/C17H16Cl2N2O4.C14H15N3O3.C11H13NO4.C5H4Cl2N2O.C3H7.ClH.Mg/c1-24-17-6-20-14(5-16(17)25-9-10-2-3-10)15(22)4-11-12(18)7-21(23)8-13(11)19;1-19-13-7-16-11(14(18)17-5-4-15-9-17)6-12(13)20-8-10-2-3-10;1-15-10-5-12-8(11(13)14)4-9(10)16-6-7-2-3-7;6-3-1-9(10)2-4(7)5(3)8;1-3-2;;/h5-8,10H,2-4,9H2,1H3;4-7,9-10H,2-3,8H2,1H3;4-5,7H,2-3,6H2,1H3,(H,13,14);1-2,8,10H;3H,1-2H3;1H;/q;;;;-1;;+2/p-1. The fraction of sp³-hybridized carbons (Fsp3) is 0.360. The molecular weight excluding hydrogens is 1110 g/mol. The normalized spacial score (nSPS) is 12.8. The number of hydrogen-bond donors (Lipinski definition) is 3. The third-order valence-corrected chi connectivity index (χ3v) is 11.7. The number of carboxylic acid groups (broad SMARTS) is 1. The van der Waals surface area contributed by atoms with E-state index in [0.29, 0.717) is 92.8 Å². The number of methoxy groups -OCH3 is 3. The quantitative estimate of drug-likeness (QED) is 0.0238. The summed E-state index contributed by atoms with van der Waals surface area (Å²) in [6.07, 6.45) is 22.6. The summed E-state index contributed by atoms with van der Waals surface area (Å²) in [4.78, 5) is 51.3. The summed E-state index contributed by atoms with van der Waals surface area (Å²) in [5.41, 5.74) is 0.872. The number of aromatic carboxylic acids is 1. The first-order chi connectivity index (χ1) is 35.5. The van der Waals surface area contributed by atoms with Gasteiger partial charge in [0.2, 0.25) is 0 Å². The fourth-order valence-electron chi connectivity index (χ4n) is 5.91. The van der Waals surface area contributed by atoms with Gasteiger partial charge in [0, 0.05) is 42.6 Å². The van der Waals surface area contributed by atoms with Crippen molar-refractivity contribution in [3.05, 3.63) is 140 Å². The minimum Gasteiger partial charge on any atom is -1.00 e. The van der Waals surface area contributed by atoms with Crippen LogP contribution in [0.4, 0.5) is 0 Å². The Morgan fingerprint density at radius 2 is 1.11 bits per heavy atom. The smallest absolute Gasteiger partial charge is 1.00 e. The monoisotopic (exact) mass is 1160 g/mol. The summed E-state index contributed by atoms with van der Waals surface area (Å²) in [5, 5.41) is 36.6. The average molecular weight is 1160 g/mol. The molecule has 0 aliphatic heterocycles. The van der Waals surface area contributed by atoms with E-state index in [4.69, 9.17) is 90.5 Å². The number of carbonyl (C=O) groups excluding carboxylic acids is 2. The molecule has 0 amide bonds. The van der Waals surface area contributed by atoms with Crippen molar-refractivity contribution in [1.82, 2.24) is 29.2 Å². The van der Waals surface area contributed by atoms with E-state index in [1.54, 1.807) is 31.6 Å². The van der Waals surface area contributed by atoms with E-state index in [1.807, 2.05) is 20.3 Å². The minimum atomic E-state index is -1.07. The van der Waals surface area contributed by atoms with Crippen molar-refractivity contribution in [1.29, 1.82) is 5.41 Å². The zero-order chi connectivity index (χ0) is 53.9. The molecule has 0 radical (unpaired) electrons. The number of ether oxygens (including phenoxy) is 6. The summed E-state index contributed by atoms with van der Waals surface area (Å²) in [6.45, 7) is 5.85. The van der Waals surface area contributed by atoms with Crippen molar-refractivity contribution < 1.29 is 70.3 Å². The molecule has 76 heavy (non-hydrogen) atoms. The topological polar surface area (TPSA) is 259 Å². The van der Waals surface area contributed by atoms with Crippen LogP contribution in [0.3, 0.4) is 0 Å². The molecule has 0 aromatic carbocycles. The average Bonchev–Trinajstić information content (AvgIpc) is 4.30. The van der Waals surface area contributed by atoms with Crippen LogP contribution >= 0.6 is 46.4 Å². The first kappa shape index (κ1) is 64.5. The van der Waals surface area contributed by atoms with Crippen molar-refractivity contribution in [2.24, 2.45) is 17.8 Å². The van der Waals surface area contributed by atoms with Gasteiger partial charge < -0.3 is 62.8 Å². The Morgan fingerprint density at radius 3 is 1.49 bits per heavy atom. The zero-order valence-corrected chi connectivity index (χ0v) is 47.3. The second-order valence-corrected chi connectivity index (χ2v) is 18.3. The second kappa shape index (κ2) is 32.0. The first-order valence-corrected chi connectivity index (χ1v) is 24.4. The number of aromatic nitrogens is 7. The van der Waals surface area contributed by atoms with Gasteiger partial charge in [0.15, 0.2) is 58.4 Å². The number of nitrogens with one attached hydrogen (secondary N) is 1. The minimum absolute atomic E-state index is 0. The Balaban J connectivity index is 0.000000270. The third-order valence-electron chi connectivity index (χ3n) is 10.5. The van der Waals surface area contributed by atoms with Gasteiger partial charge in [-0.25, -0.2) is 24.7 Å². The SMILES string of the molecule is COc1cnc(C(=O)Cc2c(Cl)c[n+]([O-])cc2Cl)cc1OCC1CC1.COc1cnc(C(=O)O)cc1OCC1CC1.COc1cnc(C(=O)n2ccnc2)cc1OCC1CC1.C[CH-]C.N=c1c(Cl)cn(O)cc1Cl.[Cl-].[Mg+2]. The maximum Gasteiger partial charge on any atom is 2.00 e. The van der Waals surface area contributed by atoms with Gasteiger partial charge in [0.25, 0.3) is 5.91 Å². The van der Waals surface area contributed by atoms with Crippen molar-refractivity contribution >= 4 is 87.1 Å². The van der Waals surface area contributed by atoms with E-state index >= 15 is 0 Å². The summed E-state index contributed by atoms with van der Waals surface area (Å²) in [6, 6.07) is 4.56. The molecule has 6 heterocycles. The molecule has 3 aliphatic carbocycles. The number of pyridine rings is 5. The van der Waals surface area contributed by atoms with Gasteiger partial charge in [-0.2, -0.15) is 23.3 Å². The molecule has 404 valence electrons. The molecule has 6 aromatic rings. The van der Waals surface area contributed by atoms with Crippen molar-refractivity contribution in [2.45, 2.75) is 58.8 Å². The van der Waals surface area contributed by atoms with E-state index in [1.165, 1.54) is 87.8 Å². The third kappa shape index (κ3) is 20.6. The van der Waals surface area contributed by atoms with Crippen LogP contribution in [0.1, 0.15) is 89.4 Å². The van der Waals surface area contributed by atoms with Crippen molar-refractivity contribution in [3.8, 4) is 34.5 Å². The van der Waals surface area contributed by atoms with Gasteiger partial charge in [-0.3, -0.25) is 19.6 Å². The number of ketones is 1.